The van der Waals surface area contributed by atoms with Gasteiger partial charge in [0.05, 0.1) is 19.3 Å². The minimum atomic E-state index is -4.43. The third kappa shape index (κ3) is 6.36. The molecule has 120 valence electrons. The Kier molecular flexibility index (Phi) is 6.50. The molecule has 0 radical (unpaired) electrons. The molecule has 0 heterocycles. The average molecular weight is 313 g/mol. The molecular formula is C13H16F5NO2. The second-order valence-corrected chi connectivity index (χ2v) is 4.53. The molecule has 1 unspecified atom stereocenters. The van der Waals surface area contributed by atoms with Gasteiger partial charge in [0, 0.05) is 20.2 Å². The fraction of sp³-hybridized carbons (Fsp3) is 0.538. The van der Waals surface area contributed by atoms with Gasteiger partial charge in [-0.2, -0.15) is 13.2 Å². The van der Waals surface area contributed by atoms with Crippen LogP contribution in [0.15, 0.2) is 18.2 Å². The molecule has 0 spiro atoms. The first kappa shape index (κ1) is 17.8. The molecule has 8 heteroatoms. The van der Waals surface area contributed by atoms with E-state index in [9.17, 15) is 27.1 Å². The van der Waals surface area contributed by atoms with Gasteiger partial charge in [-0.25, -0.2) is 8.78 Å². The fourth-order valence-electron chi connectivity index (χ4n) is 1.78. The number of hydrogen-bond acceptors (Lipinski definition) is 3. The molecule has 0 aliphatic rings. The zero-order chi connectivity index (χ0) is 16.0. The van der Waals surface area contributed by atoms with E-state index in [1.165, 1.54) is 7.11 Å². The lowest BCUT2D eigenvalue weighted by atomic mass is 10.1. The molecule has 0 aliphatic carbocycles. The van der Waals surface area contributed by atoms with Crippen LogP contribution in [-0.4, -0.2) is 49.5 Å². The summed E-state index contributed by atoms with van der Waals surface area (Å²) in [7, 11) is 1.34. The number of ether oxygens (including phenoxy) is 1. The maximum atomic E-state index is 13.1. The lowest BCUT2D eigenvalue weighted by Gasteiger charge is -2.26. The molecule has 3 nitrogen and oxygen atoms in total. The van der Waals surface area contributed by atoms with Crippen molar-refractivity contribution in [1.29, 1.82) is 0 Å². The highest BCUT2D eigenvalue weighted by molar-refractivity contribution is 5.20. The number of methoxy groups -OCH3 is 1. The van der Waals surface area contributed by atoms with Crippen molar-refractivity contribution >= 4 is 0 Å². The van der Waals surface area contributed by atoms with E-state index in [-0.39, 0.29) is 25.3 Å². The third-order valence-corrected chi connectivity index (χ3v) is 2.77. The summed E-state index contributed by atoms with van der Waals surface area (Å²) in [4.78, 5) is 0.940. The number of alkyl halides is 3. The lowest BCUT2D eigenvalue weighted by Crippen LogP contribution is -2.39. The van der Waals surface area contributed by atoms with Crippen molar-refractivity contribution in [2.24, 2.45) is 0 Å². The van der Waals surface area contributed by atoms with Gasteiger partial charge in [0.2, 0.25) is 0 Å². The Labute approximate surface area is 118 Å². The molecular weight excluding hydrogens is 297 g/mol. The summed E-state index contributed by atoms with van der Waals surface area (Å²) < 4.78 is 67.8. The molecule has 0 bridgehead atoms. The molecule has 1 rings (SSSR count). The van der Waals surface area contributed by atoms with Gasteiger partial charge in [0.1, 0.15) is 0 Å². The van der Waals surface area contributed by atoms with Gasteiger partial charge in [-0.1, -0.05) is 6.07 Å². The van der Waals surface area contributed by atoms with Crippen LogP contribution >= 0.6 is 0 Å². The van der Waals surface area contributed by atoms with Crippen LogP contribution in [0.4, 0.5) is 22.0 Å². The summed E-state index contributed by atoms with van der Waals surface area (Å²) in [6, 6.07) is 2.71. The molecule has 1 aromatic carbocycles. The average Bonchev–Trinajstić information content (AvgIpc) is 2.37. The van der Waals surface area contributed by atoms with Gasteiger partial charge in [-0.05, 0) is 17.7 Å². The minimum Gasteiger partial charge on any atom is -0.387 e. The Morgan fingerprint density at radius 2 is 1.90 bits per heavy atom. The van der Waals surface area contributed by atoms with Gasteiger partial charge in [0.25, 0.3) is 0 Å². The Morgan fingerprint density at radius 1 is 1.24 bits per heavy atom. The first-order valence-corrected chi connectivity index (χ1v) is 6.14. The molecule has 0 aromatic heterocycles. The second kappa shape index (κ2) is 7.67. The molecule has 0 saturated heterocycles. The van der Waals surface area contributed by atoms with Crippen LogP contribution in [0, 0.1) is 11.6 Å². The van der Waals surface area contributed by atoms with Crippen molar-refractivity contribution < 1.29 is 31.8 Å². The predicted molar refractivity (Wildman–Crippen MR) is 65.7 cm³/mol. The van der Waals surface area contributed by atoms with E-state index in [1.807, 2.05) is 0 Å². The minimum absolute atomic E-state index is 0.0125. The number of rotatable bonds is 7. The smallest absolute Gasteiger partial charge is 0.387 e. The van der Waals surface area contributed by atoms with Crippen molar-refractivity contribution in [2.75, 3.05) is 33.4 Å². The second-order valence-electron chi connectivity index (χ2n) is 4.53. The molecule has 0 saturated carbocycles. The number of aliphatic hydroxyl groups is 1. The van der Waals surface area contributed by atoms with E-state index in [2.05, 4.69) is 0 Å². The van der Waals surface area contributed by atoms with Crippen LogP contribution in [0.5, 0.6) is 0 Å². The van der Waals surface area contributed by atoms with Gasteiger partial charge in [0.15, 0.2) is 11.6 Å². The quantitative estimate of drug-likeness (QED) is 0.785. The highest BCUT2D eigenvalue weighted by Crippen LogP contribution is 2.21. The normalized spacial score (nSPS) is 13.7. The van der Waals surface area contributed by atoms with E-state index in [0.717, 1.165) is 23.1 Å². The summed E-state index contributed by atoms with van der Waals surface area (Å²) in [6.07, 6.45) is -5.79. The summed E-state index contributed by atoms with van der Waals surface area (Å²) in [5.41, 5.74) is 0.0125. The molecule has 0 amide bonds. The SMILES string of the molecule is COCCN(CC(O)c1ccc(F)c(F)c1)CC(F)(F)F. The van der Waals surface area contributed by atoms with Crippen LogP contribution in [0.3, 0.4) is 0 Å². The maximum absolute atomic E-state index is 13.1. The molecule has 0 aliphatic heterocycles. The molecule has 1 N–H and O–H groups in total. The van der Waals surface area contributed by atoms with Crippen LogP contribution in [0.1, 0.15) is 11.7 Å². The van der Waals surface area contributed by atoms with Crippen LogP contribution in [0.25, 0.3) is 0 Å². The Bertz CT molecular complexity index is 453. The van der Waals surface area contributed by atoms with E-state index >= 15 is 0 Å². The van der Waals surface area contributed by atoms with Crippen molar-refractivity contribution in [3.8, 4) is 0 Å². The number of hydrogen-bond donors (Lipinski definition) is 1. The van der Waals surface area contributed by atoms with Crippen LogP contribution in [-0.2, 0) is 4.74 Å². The topological polar surface area (TPSA) is 32.7 Å². The van der Waals surface area contributed by atoms with Crippen LogP contribution < -0.4 is 0 Å². The predicted octanol–water partition coefficient (Wildman–Crippen LogP) is 2.51. The van der Waals surface area contributed by atoms with Crippen molar-refractivity contribution in [1.82, 2.24) is 4.90 Å². The summed E-state index contributed by atoms with van der Waals surface area (Å²) in [5.74, 6) is -2.25. The Balaban J connectivity index is 2.73. The number of halogens is 5. The highest BCUT2D eigenvalue weighted by atomic mass is 19.4. The van der Waals surface area contributed by atoms with E-state index in [0.29, 0.717) is 0 Å². The Morgan fingerprint density at radius 3 is 2.43 bits per heavy atom. The number of nitrogens with zero attached hydrogens (tertiary/aromatic N) is 1. The first-order chi connectivity index (χ1) is 9.73. The zero-order valence-corrected chi connectivity index (χ0v) is 11.3. The largest absolute Gasteiger partial charge is 0.401 e. The molecule has 1 aromatic rings. The van der Waals surface area contributed by atoms with Gasteiger partial charge >= 0.3 is 6.18 Å². The molecule has 21 heavy (non-hydrogen) atoms. The fourth-order valence-corrected chi connectivity index (χ4v) is 1.78. The summed E-state index contributed by atoms with van der Waals surface area (Å²) in [5, 5.41) is 9.86. The van der Waals surface area contributed by atoms with Crippen molar-refractivity contribution in [2.45, 2.75) is 12.3 Å². The zero-order valence-electron chi connectivity index (χ0n) is 11.3. The van der Waals surface area contributed by atoms with Gasteiger partial charge in [-0.15, -0.1) is 0 Å². The first-order valence-electron chi connectivity index (χ1n) is 6.14. The number of benzene rings is 1. The Hall–Kier alpha value is -1.25. The highest BCUT2D eigenvalue weighted by Gasteiger charge is 2.31. The maximum Gasteiger partial charge on any atom is 0.401 e. The van der Waals surface area contributed by atoms with E-state index in [1.54, 1.807) is 0 Å². The molecule has 1 atom stereocenters. The summed E-state index contributed by atoms with van der Waals surface area (Å²) in [6.45, 7) is -1.58. The van der Waals surface area contributed by atoms with Gasteiger partial charge < -0.3 is 9.84 Å². The van der Waals surface area contributed by atoms with E-state index < -0.39 is 30.5 Å². The molecule has 0 fully saturated rings. The lowest BCUT2D eigenvalue weighted by molar-refractivity contribution is -0.149. The standard InChI is InChI=1S/C13H16F5NO2/c1-21-5-4-19(8-13(16,17)18)7-12(20)9-2-3-10(14)11(15)6-9/h2-3,6,12,20H,4-5,7-8H2,1H3. The van der Waals surface area contributed by atoms with E-state index in [4.69, 9.17) is 4.74 Å². The van der Waals surface area contributed by atoms with Crippen LogP contribution in [0.2, 0.25) is 0 Å². The van der Waals surface area contributed by atoms with Crippen molar-refractivity contribution in [3.63, 3.8) is 0 Å². The number of aliphatic hydroxyl groups excluding tert-OH is 1. The summed E-state index contributed by atoms with van der Waals surface area (Å²) >= 11 is 0. The van der Waals surface area contributed by atoms with Gasteiger partial charge in [-0.3, -0.25) is 4.90 Å². The van der Waals surface area contributed by atoms with Crippen molar-refractivity contribution in [3.05, 3.63) is 35.4 Å². The monoisotopic (exact) mass is 313 g/mol. The third-order valence-electron chi connectivity index (χ3n) is 2.77.